The maximum absolute atomic E-state index is 13.1. The van der Waals surface area contributed by atoms with Gasteiger partial charge in [-0.25, -0.2) is 0 Å². The third-order valence-electron chi connectivity index (χ3n) is 5.48. The van der Waals surface area contributed by atoms with Crippen LogP contribution in [-0.4, -0.2) is 0 Å². The molecule has 0 radical (unpaired) electrons. The van der Waals surface area contributed by atoms with Crippen LogP contribution in [-0.2, 0) is 0 Å². The first kappa shape index (κ1) is 17.3. The summed E-state index contributed by atoms with van der Waals surface area (Å²) in [5.74, 6) is 0.759. The Morgan fingerprint density at radius 2 is 1.23 bits per heavy atom. The largest absolute Gasteiger partial charge is 0.870 e. The Morgan fingerprint density at radius 1 is 0.654 bits per heavy atom. The van der Waals surface area contributed by atoms with Crippen molar-refractivity contribution in [3.63, 3.8) is 0 Å². The molecule has 132 valence electrons. The van der Waals surface area contributed by atoms with Crippen LogP contribution in [0.4, 0.5) is 0 Å². The molecule has 2 heteroatoms. The topological polar surface area (TPSA) is 23.1 Å². The van der Waals surface area contributed by atoms with Gasteiger partial charge >= 0.3 is 0 Å². The summed E-state index contributed by atoms with van der Waals surface area (Å²) >= 11 is 0. The molecule has 1 aliphatic carbocycles. The summed E-state index contributed by atoms with van der Waals surface area (Å²) in [7, 11) is -1.30. The molecule has 0 aliphatic heterocycles. The fourth-order valence-electron chi connectivity index (χ4n) is 4.23. The number of rotatable bonds is 4. The molecule has 0 bridgehead atoms. The molecule has 1 saturated carbocycles. The molecule has 0 N–H and O–H groups in total. The lowest BCUT2D eigenvalue weighted by molar-refractivity contribution is -0.266. The van der Waals surface area contributed by atoms with Crippen LogP contribution in [0.3, 0.4) is 0 Å². The van der Waals surface area contributed by atoms with Gasteiger partial charge in [0.05, 0.1) is 13.2 Å². The zero-order valence-corrected chi connectivity index (χ0v) is 16.0. The van der Waals surface area contributed by atoms with Gasteiger partial charge < -0.3 is 5.11 Å². The monoisotopic (exact) mass is 360 g/mol. The van der Waals surface area contributed by atoms with E-state index in [0.29, 0.717) is 5.92 Å². The zero-order valence-electron chi connectivity index (χ0n) is 15.0. The van der Waals surface area contributed by atoms with Gasteiger partial charge in [-0.05, 0) is 48.6 Å². The fraction of sp³-hybridized carbons (Fsp3) is 0.250. The van der Waals surface area contributed by atoms with E-state index in [2.05, 4.69) is 66.7 Å². The van der Waals surface area contributed by atoms with Crippen LogP contribution in [0.25, 0.3) is 0 Å². The van der Waals surface area contributed by atoms with Crippen molar-refractivity contribution in [2.24, 2.45) is 0 Å². The van der Waals surface area contributed by atoms with Crippen molar-refractivity contribution in [1.82, 2.24) is 0 Å². The third kappa shape index (κ3) is 3.55. The molecule has 0 unspecified atom stereocenters. The zero-order chi connectivity index (χ0) is 17.8. The van der Waals surface area contributed by atoms with Gasteiger partial charge in [0.2, 0.25) is 0 Å². The summed E-state index contributed by atoms with van der Waals surface area (Å²) in [4.78, 5) is 0. The number of hydrogen-bond acceptors (Lipinski definition) is 1. The normalized spacial score (nSPS) is 15.3. The van der Waals surface area contributed by atoms with E-state index < -0.39 is 7.92 Å². The minimum absolute atomic E-state index is 0.217. The minimum Gasteiger partial charge on any atom is -0.870 e. The van der Waals surface area contributed by atoms with E-state index in [4.69, 9.17) is 0 Å². The molecule has 26 heavy (non-hydrogen) atoms. The van der Waals surface area contributed by atoms with E-state index in [1.165, 1.54) is 48.3 Å². The predicted octanol–water partition coefficient (Wildman–Crippen LogP) is 4.30. The van der Waals surface area contributed by atoms with Crippen LogP contribution in [0, 0.1) is 0 Å². The number of benzene rings is 3. The third-order valence-corrected chi connectivity index (χ3v) is 8.33. The van der Waals surface area contributed by atoms with Crippen LogP contribution in [0.5, 0.6) is 5.75 Å². The lowest BCUT2D eigenvalue weighted by Gasteiger charge is -2.27. The predicted molar refractivity (Wildman–Crippen MR) is 112 cm³/mol. The highest BCUT2D eigenvalue weighted by Gasteiger charge is 2.31. The molecule has 0 saturated heterocycles. The molecule has 0 aromatic heterocycles. The first-order valence-corrected chi connectivity index (χ1v) is 11.1. The van der Waals surface area contributed by atoms with Gasteiger partial charge in [0.25, 0.3) is 0 Å². The van der Waals surface area contributed by atoms with Crippen LogP contribution >= 0.6 is 7.92 Å². The molecule has 1 aliphatic rings. The lowest BCUT2D eigenvalue weighted by atomic mass is 9.84. The summed E-state index contributed by atoms with van der Waals surface area (Å²) < 4.78 is 0. The van der Waals surface area contributed by atoms with Crippen molar-refractivity contribution in [3.05, 3.63) is 84.4 Å². The van der Waals surface area contributed by atoms with Gasteiger partial charge in [-0.3, -0.25) is 0 Å². The van der Waals surface area contributed by atoms with E-state index in [1.54, 1.807) is 6.07 Å². The molecule has 0 heterocycles. The van der Waals surface area contributed by atoms with Gasteiger partial charge in [-0.15, -0.1) is 0 Å². The number of hydrogen-bond donors (Lipinski definition) is 0. The maximum Gasteiger partial charge on any atom is 0.102 e. The summed E-state index contributed by atoms with van der Waals surface area (Å²) in [6.07, 6.45) is 6.33. The summed E-state index contributed by atoms with van der Waals surface area (Å²) in [6.45, 7) is 0. The fourth-order valence-corrected chi connectivity index (χ4v) is 7.10. The Labute approximate surface area is 157 Å². The van der Waals surface area contributed by atoms with E-state index >= 15 is 0 Å². The van der Waals surface area contributed by atoms with E-state index in [0.717, 1.165) is 5.30 Å². The molecule has 3 aromatic carbocycles. The molecular formula is C24H25OP. The van der Waals surface area contributed by atoms with Crippen molar-refractivity contribution in [2.75, 3.05) is 0 Å². The second-order valence-corrected chi connectivity index (χ2v) is 9.57. The lowest BCUT2D eigenvalue weighted by Crippen LogP contribution is -2.27. The highest BCUT2D eigenvalue weighted by molar-refractivity contribution is 7.80. The Balaban J connectivity index is 1.89. The maximum atomic E-state index is 13.1. The molecule has 4 rings (SSSR count). The summed E-state index contributed by atoms with van der Waals surface area (Å²) in [5, 5.41) is 16.8. The highest BCUT2D eigenvalue weighted by Crippen LogP contribution is 2.41. The molecule has 1 nitrogen and oxygen atoms in total. The van der Waals surface area contributed by atoms with Gasteiger partial charge in [0.1, 0.15) is 10.6 Å². The summed E-state index contributed by atoms with van der Waals surface area (Å²) in [6, 6.07) is 27.2. The van der Waals surface area contributed by atoms with Crippen molar-refractivity contribution in [3.8, 4) is 5.75 Å². The van der Waals surface area contributed by atoms with E-state index in [-0.39, 0.29) is 5.75 Å². The van der Waals surface area contributed by atoms with Crippen molar-refractivity contribution >= 4 is 23.8 Å². The van der Waals surface area contributed by atoms with Gasteiger partial charge in [0, 0.05) is 0 Å². The quantitative estimate of drug-likeness (QED) is 0.636. The Bertz CT molecular complexity index is 799. The van der Waals surface area contributed by atoms with E-state index in [1.807, 2.05) is 6.07 Å². The minimum atomic E-state index is -1.30. The Morgan fingerprint density at radius 3 is 1.81 bits per heavy atom. The average molecular weight is 360 g/mol. The van der Waals surface area contributed by atoms with Gasteiger partial charge in [-0.1, -0.05) is 79.6 Å². The van der Waals surface area contributed by atoms with Crippen LogP contribution < -0.4 is 21.0 Å². The van der Waals surface area contributed by atoms with Gasteiger partial charge in [-0.2, -0.15) is 0 Å². The van der Waals surface area contributed by atoms with Crippen LogP contribution in [0.1, 0.15) is 43.6 Å². The molecule has 0 atom stereocenters. The second kappa shape index (κ2) is 8.06. The van der Waals surface area contributed by atoms with E-state index in [9.17, 15) is 5.11 Å². The molecule has 3 aromatic rings. The molecule has 0 amide bonds. The Hall–Kier alpha value is -2.11. The average Bonchev–Trinajstić information content (AvgIpc) is 2.72. The highest BCUT2D eigenvalue weighted by atomic mass is 31.1. The second-order valence-electron chi connectivity index (χ2n) is 7.16. The van der Waals surface area contributed by atoms with Gasteiger partial charge in [0.15, 0.2) is 0 Å². The molecule has 1 fully saturated rings. The van der Waals surface area contributed by atoms with Crippen LogP contribution in [0.2, 0.25) is 0 Å². The first-order valence-electron chi connectivity index (χ1n) is 9.62. The first-order chi connectivity index (χ1) is 12.8. The van der Waals surface area contributed by atoms with Crippen molar-refractivity contribution in [1.29, 1.82) is 0 Å². The van der Waals surface area contributed by atoms with Crippen molar-refractivity contribution < 1.29 is 5.11 Å². The standard InChI is InChI=1S/C24H25OP/c25-23-18-10-17-22(19-11-4-1-5-12-19)24(23)26(20-13-6-2-7-14-20)21-15-8-3-9-16-21/h2-3,6-10,13-19,25H,1,4-5,11-12H2. The smallest absolute Gasteiger partial charge is 0.102 e. The SMILES string of the molecule is [O-]c1cccc(C2CCCCC2)c1[PH+](c1ccccc1)c1ccccc1. The molecule has 0 spiro atoms. The van der Waals surface area contributed by atoms with Crippen molar-refractivity contribution in [2.45, 2.75) is 38.0 Å². The van der Waals surface area contributed by atoms with Crippen LogP contribution in [0.15, 0.2) is 78.9 Å². The summed E-state index contributed by atoms with van der Waals surface area (Å²) in [5.41, 5.74) is 1.32. The Kier molecular flexibility index (Phi) is 5.37. The molecular weight excluding hydrogens is 335 g/mol.